The van der Waals surface area contributed by atoms with Gasteiger partial charge in [0, 0.05) is 41.8 Å². The predicted octanol–water partition coefficient (Wildman–Crippen LogP) is 5.38. The smallest absolute Gasteiger partial charge is 0.303 e. The Bertz CT molecular complexity index is 1350. The number of benzene rings is 3. The summed E-state index contributed by atoms with van der Waals surface area (Å²) in [4.78, 5) is 37.4. The first-order chi connectivity index (χ1) is 16.7. The van der Waals surface area contributed by atoms with Crippen LogP contribution in [0.4, 0.5) is 17.1 Å². The molecule has 0 atom stereocenters. The molecule has 7 nitrogen and oxygen atoms in total. The molecule has 0 saturated carbocycles. The molecule has 0 saturated heterocycles. The molecule has 4 rings (SSSR count). The van der Waals surface area contributed by atoms with Crippen LogP contribution in [-0.4, -0.2) is 29.9 Å². The number of anilines is 3. The molecule has 3 N–H and O–H groups in total. The van der Waals surface area contributed by atoms with Crippen molar-refractivity contribution in [2.24, 2.45) is 0 Å². The number of aliphatic carboxylic acids is 1. The first kappa shape index (κ1) is 24.2. The third kappa shape index (κ3) is 5.44. The van der Waals surface area contributed by atoms with Crippen LogP contribution >= 0.6 is 15.9 Å². The van der Waals surface area contributed by atoms with Crippen molar-refractivity contribution in [3.05, 3.63) is 87.9 Å². The third-order valence-electron chi connectivity index (χ3n) is 5.82. The molecule has 0 fully saturated rings. The van der Waals surface area contributed by atoms with E-state index in [1.807, 2.05) is 66.7 Å². The van der Waals surface area contributed by atoms with Crippen molar-refractivity contribution in [3.8, 4) is 0 Å². The zero-order chi connectivity index (χ0) is 25.1. The zero-order valence-corrected chi connectivity index (χ0v) is 20.8. The summed E-state index contributed by atoms with van der Waals surface area (Å²) in [6, 6.07) is 20.5. The highest BCUT2D eigenvalue weighted by molar-refractivity contribution is 9.10. The number of halogens is 1. The number of carbonyl (C=O) groups excluding carboxylic acids is 2. The zero-order valence-electron chi connectivity index (χ0n) is 19.3. The molecule has 3 aromatic rings. The van der Waals surface area contributed by atoms with Crippen LogP contribution in [-0.2, 0) is 20.8 Å². The van der Waals surface area contributed by atoms with Gasteiger partial charge in [0.1, 0.15) is 0 Å². The summed E-state index contributed by atoms with van der Waals surface area (Å²) in [5.41, 5.74) is 5.69. The van der Waals surface area contributed by atoms with Crippen molar-refractivity contribution >= 4 is 62.0 Å². The van der Waals surface area contributed by atoms with Gasteiger partial charge in [-0.2, -0.15) is 0 Å². The summed E-state index contributed by atoms with van der Waals surface area (Å²) in [5.74, 6) is -1.17. The Morgan fingerprint density at radius 3 is 2.49 bits per heavy atom. The lowest BCUT2D eigenvalue weighted by Gasteiger charge is -2.18. The molecule has 1 aliphatic heterocycles. The number of nitrogens with one attached hydrogen (secondary N) is 2. The minimum Gasteiger partial charge on any atom is -0.481 e. The highest BCUT2D eigenvalue weighted by Crippen LogP contribution is 2.39. The average Bonchev–Trinajstić information content (AvgIpc) is 3.15. The Labute approximate surface area is 211 Å². The van der Waals surface area contributed by atoms with Crippen LogP contribution in [0.2, 0.25) is 0 Å². The number of carbonyl (C=O) groups is 3. The van der Waals surface area contributed by atoms with Gasteiger partial charge in [0.15, 0.2) is 0 Å². The Morgan fingerprint density at radius 1 is 1.06 bits per heavy atom. The van der Waals surface area contributed by atoms with E-state index in [1.165, 1.54) is 6.92 Å². The maximum Gasteiger partial charge on any atom is 0.303 e. The van der Waals surface area contributed by atoms with Crippen molar-refractivity contribution in [2.75, 3.05) is 22.6 Å². The molecule has 0 aliphatic carbocycles. The minimum absolute atomic E-state index is 0.0191. The predicted molar refractivity (Wildman–Crippen MR) is 141 cm³/mol. The first-order valence-corrected chi connectivity index (χ1v) is 11.8. The van der Waals surface area contributed by atoms with Gasteiger partial charge in [-0.3, -0.25) is 14.4 Å². The molecule has 8 heteroatoms. The fourth-order valence-electron chi connectivity index (χ4n) is 3.90. The molecular weight excluding hydrogens is 510 g/mol. The van der Waals surface area contributed by atoms with E-state index in [0.29, 0.717) is 23.4 Å². The van der Waals surface area contributed by atoms with Crippen LogP contribution in [0.15, 0.2) is 71.2 Å². The van der Waals surface area contributed by atoms with Crippen molar-refractivity contribution in [3.63, 3.8) is 0 Å². The van der Waals surface area contributed by atoms with Gasteiger partial charge in [-0.05, 0) is 60.0 Å². The fourth-order valence-corrected chi connectivity index (χ4v) is 4.26. The second-order valence-electron chi connectivity index (χ2n) is 8.24. The first-order valence-electron chi connectivity index (χ1n) is 11.0. The number of hydrogen-bond acceptors (Lipinski definition) is 4. The Hall–Kier alpha value is -3.91. The lowest BCUT2D eigenvalue weighted by molar-refractivity contribution is -0.137. The highest BCUT2D eigenvalue weighted by Gasteiger charge is 2.28. The minimum atomic E-state index is -0.864. The Morgan fingerprint density at radius 2 is 1.80 bits per heavy atom. The van der Waals surface area contributed by atoms with Crippen molar-refractivity contribution in [2.45, 2.75) is 19.8 Å². The number of hydrogen-bond donors (Lipinski definition) is 3. The van der Waals surface area contributed by atoms with E-state index in [9.17, 15) is 14.4 Å². The third-order valence-corrected chi connectivity index (χ3v) is 6.31. The SMILES string of the molecule is CC(=O)N(C)c1ccc(N/C(=C2\C(=O)Nc3cc(Br)ccc32)c2cccc(CCC(=O)O)c2)cc1. The summed E-state index contributed by atoms with van der Waals surface area (Å²) in [6.07, 6.45) is 0.402. The summed E-state index contributed by atoms with van der Waals surface area (Å²) in [7, 11) is 1.71. The van der Waals surface area contributed by atoms with Crippen LogP contribution in [0.25, 0.3) is 11.3 Å². The number of carboxylic acid groups (broad SMARTS) is 1. The van der Waals surface area contributed by atoms with Crippen molar-refractivity contribution in [1.29, 1.82) is 0 Å². The molecule has 0 radical (unpaired) electrons. The second-order valence-corrected chi connectivity index (χ2v) is 9.15. The van der Waals surface area contributed by atoms with Crippen LogP contribution in [0.5, 0.6) is 0 Å². The van der Waals surface area contributed by atoms with Crippen LogP contribution in [0.1, 0.15) is 30.0 Å². The Kier molecular flexibility index (Phi) is 7.02. The van der Waals surface area contributed by atoms with Gasteiger partial charge < -0.3 is 20.6 Å². The van der Waals surface area contributed by atoms with Gasteiger partial charge in [-0.25, -0.2) is 0 Å². The maximum atomic E-state index is 13.1. The van der Waals surface area contributed by atoms with Gasteiger partial charge >= 0.3 is 5.97 Å². The van der Waals surface area contributed by atoms with Crippen molar-refractivity contribution < 1.29 is 19.5 Å². The number of nitrogens with zero attached hydrogens (tertiary/aromatic N) is 1. The quantitative estimate of drug-likeness (QED) is 0.354. The van der Waals surface area contributed by atoms with E-state index in [0.717, 1.165) is 32.5 Å². The number of rotatable bonds is 7. The fraction of sp³-hybridized carbons (Fsp3) is 0.148. The molecule has 3 aromatic carbocycles. The summed E-state index contributed by atoms with van der Waals surface area (Å²) < 4.78 is 0.855. The van der Waals surface area contributed by atoms with Gasteiger partial charge in [0.25, 0.3) is 5.91 Å². The van der Waals surface area contributed by atoms with E-state index in [-0.39, 0.29) is 18.2 Å². The second kappa shape index (κ2) is 10.1. The lowest BCUT2D eigenvalue weighted by Crippen LogP contribution is -2.22. The lowest BCUT2D eigenvalue weighted by atomic mass is 9.97. The largest absolute Gasteiger partial charge is 0.481 e. The average molecular weight is 534 g/mol. The van der Waals surface area contributed by atoms with E-state index in [1.54, 1.807) is 11.9 Å². The van der Waals surface area contributed by atoms with Crippen LogP contribution < -0.4 is 15.5 Å². The summed E-state index contributed by atoms with van der Waals surface area (Å²) in [6.45, 7) is 1.50. The van der Waals surface area contributed by atoms with Gasteiger partial charge in [-0.15, -0.1) is 0 Å². The molecule has 178 valence electrons. The molecule has 1 heterocycles. The molecule has 35 heavy (non-hydrogen) atoms. The van der Waals surface area contributed by atoms with E-state index < -0.39 is 5.97 Å². The summed E-state index contributed by atoms with van der Waals surface area (Å²) in [5, 5.41) is 15.4. The number of amides is 2. The molecule has 0 spiro atoms. The van der Waals surface area contributed by atoms with E-state index in [2.05, 4.69) is 26.6 Å². The molecule has 0 unspecified atom stereocenters. The van der Waals surface area contributed by atoms with Crippen LogP contribution in [0.3, 0.4) is 0 Å². The molecule has 2 amide bonds. The Balaban J connectivity index is 1.80. The maximum absolute atomic E-state index is 13.1. The van der Waals surface area contributed by atoms with Gasteiger partial charge in [-0.1, -0.05) is 40.2 Å². The topological polar surface area (TPSA) is 98.7 Å². The molecular formula is C27H24BrN3O4. The molecule has 1 aliphatic rings. The number of carboxylic acids is 1. The van der Waals surface area contributed by atoms with Crippen molar-refractivity contribution in [1.82, 2.24) is 0 Å². The van der Waals surface area contributed by atoms with Crippen LogP contribution in [0, 0.1) is 0 Å². The molecule has 0 bridgehead atoms. The summed E-state index contributed by atoms with van der Waals surface area (Å²) >= 11 is 3.45. The van der Waals surface area contributed by atoms with E-state index in [4.69, 9.17) is 5.11 Å². The molecule has 0 aromatic heterocycles. The van der Waals surface area contributed by atoms with E-state index >= 15 is 0 Å². The number of aryl methyl sites for hydroxylation is 1. The monoisotopic (exact) mass is 533 g/mol. The normalized spacial score (nSPS) is 13.6. The van der Waals surface area contributed by atoms with Gasteiger partial charge in [0.05, 0.1) is 17.0 Å². The van der Waals surface area contributed by atoms with Gasteiger partial charge in [0.2, 0.25) is 5.91 Å². The highest BCUT2D eigenvalue weighted by atomic mass is 79.9. The number of fused-ring (bicyclic) bond motifs is 1. The standard InChI is InChI=1S/C27H24BrN3O4/c1-16(32)31(2)21-10-8-20(9-11-21)29-26(18-5-3-4-17(14-18)6-13-24(33)34)25-22-12-7-19(28)15-23(22)30-27(25)35/h3-5,7-12,14-15,29H,6,13H2,1-2H3,(H,30,35)(H,33,34)/b26-25-.